The Balaban J connectivity index is 1.38. The first-order valence-electron chi connectivity index (χ1n) is 9.44. The highest BCUT2D eigenvalue weighted by Gasteiger charge is 2.19. The maximum absolute atomic E-state index is 12.4. The Bertz CT molecular complexity index is 917. The van der Waals surface area contributed by atoms with E-state index in [2.05, 4.69) is 28.4 Å². The van der Waals surface area contributed by atoms with Crippen molar-refractivity contribution >= 4 is 28.2 Å². The fourth-order valence-corrected chi connectivity index (χ4v) is 3.75. The van der Waals surface area contributed by atoms with E-state index in [0.29, 0.717) is 12.6 Å². The molecule has 0 bridgehead atoms. The van der Waals surface area contributed by atoms with Crippen molar-refractivity contribution in [3.63, 3.8) is 0 Å². The Kier molecular flexibility index (Phi) is 5.12. The summed E-state index contributed by atoms with van der Waals surface area (Å²) in [5, 5.41) is 4.14. The summed E-state index contributed by atoms with van der Waals surface area (Å²) in [5.74, 6) is -0.0264. The van der Waals surface area contributed by atoms with Gasteiger partial charge in [0.15, 0.2) is 0 Å². The van der Waals surface area contributed by atoms with Gasteiger partial charge in [-0.05, 0) is 54.6 Å². The predicted molar refractivity (Wildman–Crippen MR) is 109 cm³/mol. The van der Waals surface area contributed by atoms with Crippen molar-refractivity contribution in [3.05, 3.63) is 60.8 Å². The zero-order valence-corrected chi connectivity index (χ0v) is 15.6. The number of anilines is 2. The number of carbonyl (C=O) groups excluding carboxylic acids is 1. The van der Waals surface area contributed by atoms with Crippen LogP contribution in [0.1, 0.15) is 12.8 Å². The molecule has 2 aromatic carbocycles. The third-order valence-corrected chi connectivity index (χ3v) is 5.22. The van der Waals surface area contributed by atoms with E-state index in [1.165, 1.54) is 5.69 Å². The Hall–Kier alpha value is -2.79. The summed E-state index contributed by atoms with van der Waals surface area (Å²) in [6.45, 7) is 2.27. The molecular formula is C22H25N3O2. The molecule has 0 radical (unpaired) electrons. The molecule has 4 rings (SSSR count). The van der Waals surface area contributed by atoms with Crippen molar-refractivity contribution in [2.24, 2.45) is 0 Å². The molecule has 0 aliphatic carbocycles. The number of piperidine rings is 1. The number of hydrogen-bond acceptors (Lipinski definition) is 3. The fraction of sp³-hybridized carbons (Fsp3) is 0.318. The lowest BCUT2D eigenvalue weighted by molar-refractivity contribution is -0.116. The molecule has 5 heteroatoms. The molecule has 1 saturated heterocycles. The Morgan fingerprint density at radius 2 is 1.96 bits per heavy atom. The lowest BCUT2D eigenvalue weighted by Crippen LogP contribution is -2.39. The second-order valence-electron chi connectivity index (χ2n) is 7.04. The standard InChI is InChI=1S/C22H25N3O2/c1-27-20-6-4-13-24(15-20)19-10-8-18(9-11-19)23-22(26)16-25-14-12-17-5-2-3-7-21(17)25/h2-3,5,7-12,14,20H,4,6,13,15-16H2,1H3,(H,23,26). The van der Waals surface area contributed by atoms with E-state index in [9.17, 15) is 4.79 Å². The Morgan fingerprint density at radius 3 is 2.78 bits per heavy atom. The van der Waals surface area contributed by atoms with E-state index < -0.39 is 0 Å². The second-order valence-corrected chi connectivity index (χ2v) is 7.04. The zero-order chi connectivity index (χ0) is 18.6. The number of hydrogen-bond donors (Lipinski definition) is 1. The summed E-state index contributed by atoms with van der Waals surface area (Å²) in [4.78, 5) is 14.8. The number of amides is 1. The molecule has 0 saturated carbocycles. The van der Waals surface area contributed by atoms with Crippen LogP contribution < -0.4 is 10.2 Å². The van der Waals surface area contributed by atoms with Crippen LogP contribution in [0.4, 0.5) is 11.4 Å². The van der Waals surface area contributed by atoms with Crippen LogP contribution in [0.3, 0.4) is 0 Å². The van der Waals surface area contributed by atoms with Gasteiger partial charge in [0.2, 0.25) is 5.91 Å². The topological polar surface area (TPSA) is 46.5 Å². The number of nitrogens with zero attached hydrogens (tertiary/aromatic N) is 2. The molecule has 1 unspecified atom stereocenters. The maximum atomic E-state index is 12.4. The first-order valence-corrected chi connectivity index (χ1v) is 9.44. The van der Waals surface area contributed by atoms with Crippen LogP contribution in [0, 0.1) is 0 Å². The number of rotatable bonds is 5. The first-order chi connectivity index (χ1) is 13.2. The van der Waals surface area contributed by atoms with Crippen molar-refractivity contribution in [2.45, 2.75) is 25.5 Å². The molecule has 1 aliphatic rings. The van der Waals surface area contributed by atoms with Crippen LogP contribution >= 0.6 is 0 Å². The number of ether oxygens (including phenoxy) is 1. The van der Waals surface area contributed by atoms with Gasteiger partial charge >= 0.3 is 0 Å². The number of fused-ring (bicyclic) bond motifs is 1. The molecular weight excluding hydrogens is 338 g/mol. The summed E-state index contributed by atoms with van der Waals surface area (Å²) in [7, 11) is 1.78. The summed E-state index contributed by atoms with van der Waals surface area (Å²) in [6, 6.07) is 18.2. The zero-order valence-electron chi connectivity index (χ0n) is 15.6. The van der Waals surface area contributed by atoms with Crippen LogP contribution in [-0.4, -0.2) is 36.8 Å². The van der Waals surface area contributed by atoms with E-state index in [0.717, 1.165) is 42.5 Å². The summed E-state index contributed by atoms with van der Waals surface area (Å²) < 4.78 is 7.47. The van der Waals surface area contributed by atoms with Gasteiger partial charge in [-0.3, -0.25) is 4.79 Å². The van der Waals surface area contributed by atoms with Crippen molar-refractivity contribution in [2.75, 3.05) is 30.4 Å². The molecule has 1 fully saturated rings. The van der Waals surface area contributed by atoms with Gasteiger partial charge < -0.3 is 19.5 Å². The highest BCUT2D eigenvalue weighted by molar-refractivity contribution is 5.92. The smallest absolute Gasteiger partial charge is 0.244 e. The van der Waals surface area contributed by atoms with Gasteiger partial charge in [0.05, 0.1) is 6.10 Å². The van der Waals surface area contributed by atoms with Gasteiger partial charge in [-0.1, -0.05) is 18.2 Å². The average molecular weight is 363 g/mol. The average Bonchev–Trinajstić information content (AvgIpc) is 3.11. The molecule has 1 aromatic heterocycles. The molecule has 140 valence electrons. The van der Waals surface area contributed by atoms with Crippen LogP contribution in [0.2, 0.25) is 0 Å². The maximum Gasteiger partial charge on any atom is 0.244 e. The summed E-state index contributed by atoms with van der Waals surface area (Å²) >= 11 is 0. The Labute approximate surface area is 159 Å². The van der Waals surface area contributed by atoms with Crippen LogP contribution in [0.15, 0.2) is 60.8 Å². The van der Waals surface area contributed by atoms with E-state index in [1.54, 1.807) is 7.11 Å². The molecule has 1 aliphatic heterocycles. The van der Waals surface area contributed by atoms with Crippen LogP contribution in [0.5, 0.6) is 0 Å². The van der Waals surface area contributed by atoms with Crippen LogP contribution in [0.25, 0.3) is 10.9 Å². The minimum Gasteiger partial charge on any atom is -0.380 e. The molecule has 1 amide bonds. The minimum atomic E-state index is -0.0264. The number of benzene rings is 2. The lowest BCUT2D eigenvalue weighted by Gasteiger charge is -2.33. The Morgan fingerprint density at radius 1 is 1.15 bits per heavy atom. The van der Waals surface area contributed by atoms with Gasteiger partial charge in [0.25, 0.3) is 0 Å². The van der Waals surface area contributed by atoms with E-state index in [-0.39, 0.29) is 5.91 Å². The highest BCUT2D eigenvalue weighted by atomic mass is 16.5. The van der Waals surface area contributed by atoms with E-state index >= 15 is 0 Å². The predicted octanol–water partition coefficient (Wildman–Crippen LogP) is 3.90. The monoisotopic (exact) mass is 363 g/mol. The highest BCUT2D eigenvalue weighted by Crippen LogP contribution is 2.23. The molecule has 1 N–H and O–H groups in total. The third-order valence-electron chi connectivity index (χ3n) is 5.22. The third kappa shape index (κ3) is 3.98. The normalized spacial score (nSPS) is 17.2. The van der Waals surface area contributed by atoms with Crippen molar-refractivity contribution in [3.8, 4) is 0 Å². The SMILES string of the molecule is COC1CCCN(c2ccc(NC(=O)Cn3ccc4ccccc43)cc2)C1. The van der Waals surface area contributed by atoms with Crippen molar-refractivity contribution in [1.29, 1.82) is 0 Å². The van der Waals surface area contributed by atoms with Gasteiger partial charge in [-0.15, -0.1) is 0 Å². The lowest BCUT2D eigenvalue weighted by atomic mass is 10.1. The number of para-hydroxylation sites is 1. The van der Waals surface area contributed by atoms with E-state index in [4.69, 9.17) is 4.74 Å². The molecule has 3 aromatic rings. The molecule has 0 spiro atoms. The van der Waals surface area contributed by atoms with Gasteiger partial charge in [-0.2, -0.15) is 0 Å². The molecule has 5 nitrogen and oxygen atoms in total. The largest absolute Gasteiger partial charge is 0.380 e. The second kappa shape index (κ2) is 7.84. The first kappa shape index (κ1) is 17.6. The molecule has 2 heterocycles. The van der Waals surface area contributed by atoms with Crippen molar-refractivity contribution in [1.82, 2.24) is 4.57 Å². The van der Waals surface area contributed by atoms with Gasteiger partial charge in [0.1, 0.15) is 6.54 Å². The van der Waals surface area contributed by atoms with Gasteiger partial charge in [-0.25, -0.2) is 0 Å². The fourth-order valence-electron chi connectivity index (χ4n) is 3.75. The van der Waals surface area contributed by atoms with E-state index in [1.807, 2.05) is 47.2 Å². The summed E-state index contributed by atoms with van der Waals surface area (Å²) in [6.07, 6.45) is 4.52. The number of carbonyl (C=O) groups is 1. The minimum absolute atomic E-state index is 0.0264. The summed E-state index contributed by atoms with van der Waals surface area (Å²) in [5.41, 5.74) is 3.06. The van der Waals surface area contributed by atoms with Crippen molar-refractivity contribution < 1.29 is 9.53 Å². The van der Waals surface area contributed by atoms with Gasteiger partial charge in [0, 0.05) is 43.3 Å². The number of aromatic nitrogens is 1. The number of methoxy groups -OCH3 is 1. The number of nitrogens with one attached hydrogen (secondary N) is 1. The quantitative estimate of drug-likeness (QED) is 0.748. The molecule has 27 heavy (non-hydrogen) atoms. The molecule has 1 atom stereocenters. The van der Waals surface area contributed by atoms with Crippen LogP contribution in [-0.2, 0) is 16.1 Å².